The molecule has 1 amide bonds. The van der Waals surface area contributed by atoms with Crippen molar-refractivity contribution in [2.75, 3.05) is 36.5 Å². The van der Waals surface area contributed by atoms with Crippen molar-refractivity contribution < 1.29 is 14.3 Å². The first-order chi connectivity index (χ1) is 14.9. The van der Waals surface area contributed by atoms with Gasteiger partial charge in [0.2, 0.25) is 11.7 Å². The van der Waals surface area contributed by atoms with Crippen LogP contribution in [0.5, 0.6) is 0 Å². The lowest BCUT2D eigenvalue weighted by molar-refractivity contribution is -0.114. The number of halogens is 2. The quantitative estimate of drug-likeness (QED) is 0.478. The fourth-order valence-electron chi connectivity index (χ4n) is 3.44. The normalized spacial score (nSPS) is 13.8. The molecular weight excluding hydrogens is 455 g/mol. The highest BCUT2D eigenvalue weighted by atomic mass is 35.5. The number of thiophene rings is 1. The van der Waals surface area contributed by atoms with Crippen LogP contribution in [0.4, 0.5) is 10.7 Å². The lowest BCUT2D eigenvalue weighted by atomic mass is 10.0. The van der Waals surface area contributed by atoms with E-state index in [9.17, 15) is 9.59 Å². The molecule has 2 heterocycles. The van der Waals surface area contributed by atoms with Crippen LogP contribution < -0.4 is 10.2 Å². The van der Waals surface area contributed by atoms with Crippen molar-refractivity contribution in [2.45, 2.75) is 6.92 Å². The molecule has 4 rings (SSSR count). The Hall–Kier alpha value is -2.38. The predicted molar refractivity (Wildman–Crippen MR) is 127 cm³/mol. The third-order valence-corrected chi connectivity index (χ3v) is 6.67. The summed E-state index contributed by atoms with van der Waals surface area (Å²) in [7, 11) is 0. The lowest BCUT2D eigenvalue weighted by Crippen LogP contribution is -2.35. The first-order valence-corrected chi connectivity index (χ1v) is 11.3. The summed E-state index contributed by atoms with van der Waals surface area (Å²) in [5, 5.41) is 4.61. The average Bonchev–Trinajstić information content (AvgIpc) is 3.20. The van der Waals surface area contributed by atoms with Crippen molar-refractivity contribution in [1.82, 2.24) is 0 Å². The Morgan fingerprint density at radius 1 is 1.03 bits per heavy atom. The van der Waals surface area contributed by atoms with Gasteiger partial charge < -0.3 is 15.0 Å². The highest BCUT2D eigenvalue weighted by molar-refractivity contribution is 7.18. The molecule has 0 radical (unpaired) electrons. The van der Waals surface area contributed by atoms with Crippen molar-refractivity contribution in [3.05, 3.63) is 69.0 Å². The maximum absolute atomic E-state index is 13.2. The van der Waals surface area contributed by atoms with Gasteiger partial charge in [-0.05, 0) is 42.0 Å². The first kappa shape index (κ1) is 21.8. The van der Waals surface area contributed by atoms with Crippen LogP contribution in [-0.2, 0) is 9.53 Å². The number of rotatable bonds is 5. The molecule has 1 aromatic heterocycles. The Morgan fingerprint density at radius 2 is 1.74 bits per heavy atom. The van der Waals surface area contributed by atoms with Crippen molar-refractivity contribution >= 4 is 56.9 Å². The fourth-order valence-corrected chi connectivity index (χ4v) is 5.12. The van der Waals surface area contributed by atoms with E-state index in [0.29, 0.717) is 33.7 Å². The summed E-state index contributed by atoms with van der Waals surface area (Å²) >= 11 is 13.7. The van der Waals surface area contributed by atoms with E-state index in [1.54, 1.807) is 18.2 Å². The van der Waals surface area contributed by atoms with Crippen LogP contribution in [0, 0.1) is 0 Å². The van der Waals surface area contributed by atoms with Gasteiger partial charge >= 0.3 is 0 Å². The molecule has 1 aliphatic rings. The van der Waals surface area contributed by atoms with Gasteiger partial charge in [0.05, 0.1) is 28.1 Å². The van der Waals surface area contributed by atoms with Crippen LogP contribution in [0.2, 0.25) is 10.0 Å². The molecule has 0 unspecified atom stereocenters. The van der Waals surface area contributed by atoms with E-state index in [-0.39, 0.29) is 11.7 Å². The van der Waals surface area contributed by atoms with Crippen molar-refractivity contribution in [2.24, 2.45) is 0 Å². The second-order valence-corrected chi connectivity index (χ2v) is 9.02. The summed E-state index contributed by atoms with van der Waals surface area (Å²) in [4.78, 5) is 27.4. The Balaban J connectivity index is 1.73. The molecule has 5 nitrogen and oxygen atoms in total. The number of hydrogen-bond donors (Lipinski definition) is 1. The van der Waals surface area contributed by atoms with Gasteiger partial charge in [-0.25, -0.2) is 0 Å². The van der Waals surface area contributed by atoms with Gasteiger partial charge in [-0.15, -0.1) is 11.3 Å². The average molecular weight is 475 g/mol. The molecule has 0 bridgehead atoms. The third-order valence-electron chi connectivity index (χ3n) is 4.93. The predicted octanol–water partition coefficient (Wildman–Crippen LogP) is 5.75. The number of ketones is 1. The number of carbonyl (C=O) groups is 2. The summed E-state index contributed by atoms with van der Waals surface area (Å²) in [6.45, 7) is 4.28. The van der Waals surface area contributed by atoms with Crippen LogP contribution in [0.25, 0.3) is 11.1 Å². The van der Waals surface area contributed by atoms with Crippen molar-refractivity contribution in [3.8, 4) is 11.1 Å². The van der Waals surface area contributed by atoms with Crippen molar-refractivity contribution in [3.63, 3.8) is 0 Å². The minimum Gasteiger partial charge on any atom is -0.378 e. The van der Waals surface area contributed by atoms with Crippen LogP contribution in [0.3, 0.4) is 0 Å². The topological polar surface area (TPSA) is 58.6 Å². The van der Waals surface area contributed by atoms with Crippen LogP contribution in [0.15, 0.2) is 48.5 Å². The Morgan fingerprint density at radius 3 is 2.39 bits per heavy atom. The molecule has 1 fully saturated rings. The van der Waals surface area contributed by atoms with Gasteiger partial charge in [-0.1, -0.05) is 35.3 Å². The fraction of sp³-hybridized carbons (Fsp3) is 0.217. The largest absolute Gasteiger partial charge is 0.378 e. The zero-order valence-corrected chi connectivity index (χ0v) is 19.1. The van der Waals surface area contributed by atoms with Gasteiger partial charge in [0.1, 0.15) is 0 Å². The molecule has 1 N–H and O–H groups in total. The number of nitrogens with zero attached hydrogens (tertiary/aromatic N) is 1. The molecule has 0 atom stereocenters. The zero-order valence-electron chi connectivity index (χ0n) is 16.8. The molecule has 0 spiro atoms. The molecule has 2 aromatic carbocycles. The summed E-state index contributed by atoms with van der Waals surface area (Å²) < 4.78 is 5.50. The van der Waals surface area contributed by atoms with Crippen LogP contribution >= 0.6 is 34.5 Å². The summed E-state index contributed by atoms with van der Waals surface area (Å²) in [5.41, 5.74) is 3.08. The number of hydrogen-bond acceptors (Lipinski definition) is 5. The number of anilines is 2. The van der Waals surface area contributed by atoms with E-state index >= 15 is 0 Å². The SMILES string of the molecule is CC(=O)Nc1ccc(-c2cc(C(=O)c3ccc(Cl)cc3Cl)sc2N2CCOCC2)cc1. The molecule has 31 heavy (non-hydrogen) atoms. The Labute approximate surface area is 194 Å². The van der Waals surface area contributed by atoms with E-state index < -0.39 is 0 Å². The highest BCUT2D eigenvalue weighted by Gasteiger charge is 2.23. The molecule has 160 valence electrons. The van der Waals surface area contributed by atoms with Crippen LogP contribution in [0.1, 0.15) is 22.2 Å². The van der Waals surface area contributed by atoms with E-state index in [1.165, 1.54) is 18.3 Å². The summed E-state index contributed by atoms with van der Waals surface area (Å²) in [5.74, 6) is -0.257. The number of carbonyl (C=O) groups excluding carboxylic acids is 2. The molecule has 0 aliphatic carbocycles. The maximum atomic E-state index is 13.2. The smallest absolute Gasteiger partial charge is 0.221 e. The molecular formula is C23H20Cl2N2O3S. The number of amides is 1. The van der Waals surface area contributed by atoms with E-state index in [2.05, 4.69) is 10.2 Å². The van der Waals surface area contributed by atoms with Crippen LogP contribution in [-0.4, -0.2) is 38.0 Å². The first-order valence-electron chi connectivity index (χ1n) is 9.76. The number of ether oxygens (including phenoxy) is 1. The zero-order chi connectivity index (χ0) is 22.0. The van der Waals surface area contributed by atoms with Gasteiger partial charge in [0.25, 0.3) is 0 Å². The van der Waals surface area contributed by atoms with E-state index in [0.717, 1.165) is 34.9 Å². The summed E-state index contributed by atoms with van der Waals surface area (Å²) in [6.07, 6.45) is 0. The second kappa shape index (κ2) is 9.40. The standard InChI is InChI=1S/C23H20Cl2N2O3S/c1-14(28)26-17-5-2-15(3-6-17)19-13-21(31-23(19)27-8-10-30-11-9-27)22(29)18-7-4-16(24)12-20(18)25/h2-7,12-13H,8-11H2,1H3,(H,26,28). The van der Waals surface area contributed by atoms with Gasteiger partial charge in [0, 0.05) is 41.9 Å². The Bertz CT molecular complexity index is 1120. The molecule has 8 heteroatoms. The minimum absolute atomic E-state index is 0.120. The molecule has 1 saturated heterocycles. The minimum atomic E-state index is -0.137. The summed E-state index contributed by atoms with van der Waals surface area (Å²) in [6, 6.07) is 14.4. The monoisotopic (exact) mass is 474 g/mol. The maximum Gasteiger partial charge on any atom is 0.221 e. The lowest BCUT2D eigenvalue weighted by Gasteiger charge is -2.28. The van der Waals surface area contributed by atoms with Gasteiger partial charge in [-0.2, -0.15) is 0 Å². The van der Waals surface area contributed by atoms with E-state index in [4.69, 9.17) is 27.9 Å². The van der Waals surface area contributed by atoms with Gasteiger partial charge in [-0.3, -0.25) is 9.59 Å². The third kappa shape index (κ3) is 4.93. The Kier molecular flexibility index (Phi) is 6.62. The molecule has 3 aromatic rings. The number of morpholine rings is 1. The molecule has 0 saturated carbocycles. The van der Waals surface area contributed by atoms with Crippen molar-refractivity contribution in [1.29, 1.82) is 0 Å². The highest BCUT2D eigenvalue weighted by Crippen LogP contribution is 2.41. The molecule has 1 aliphatic heterocycles. The van der Waals surface area contributed by atoms with E-state index in [1.807, 2.05) is 30.3 Å². The van der Waals surface area contributed by atoms with Gasteiger partial charge in [0.15, 0.2) is 0 Å². The number of nitrogens with one attached hydrogen (secondary N) is 1. The number of benzene rings is 2. The second-order valence-electron chi connectivity index (χ2n) is 7.14.